The van der Waals surface area contributed by atoms with Gasteiger partial charge in [-0.25, -0.2) is 0 Å². The molecule has 3 heterocycles. The maximum absolute atomic E-state index is 12.3. The van der Waals surface area contributed by atoms with Crippen LogP contribution < -0.4 is 5.32 Å². The number of hydrogen-bond donors (Lipinski definition) is 1. The number of aromatic nitrogens is 2. The topological polar surface area (TPSA) is 68.5 Å². The SMILES string of the molecule is C[C@@]1(C(=O)NCCCn2cccn2)CC(c2cccs2)=NO1. The van der Waals surface area contributed by atoms with Crippen molar-refractivity contribution in [3.8, 4) is 0 Å². The van der Waals surface area contributed by atoms with Crippen molar-refractivity contribution >= 4 is 23.0 Å². The lowest BCUT2D eigenvalue weighted by atomic mass is 9.98. The number of thiophene rings is 1. The molecule has 2 aromatic heterocycles. The zero-order chi connectivity index (χ0) is 15.4. The molecule has 0 aromatic carbocycles. The molecule has 1 atom stereocenters. The third-order valence-corrected chi connectivity index (χ3v) is 4.48. The van der Waals surface area contributed by atoms with Gasteiger partial charge < -0.3 is 10.2 Å². The summed E-state index contributed by atoms with van der Waals surface area (Å²) in [7, 11) is 0. The normalized spacial score (nSPS) is 20.5. The Kier molecular flexibility index (Phi) is 4.24. The molecule has 0 fully saturated rings. The van der Waals surface area contributed by atoms with Gasteiger partial charge in [0.25, 0.3) is 5.91 Å². The van der Waals surface area contributed by atoms with Crippen LogP contribution in [0.1, 0.15) is 24.6 Å². The lowest BCUT2D eigenvalue weighted by Gasteiger charge is -2.20. The second-order valence-corrected chi connectivity index (χ2v) is 6.34. The van der Waals surface area contributed by atoms with E-state index in [1.807, 2.05) is 34.5 Å². The second-order valence-electron chi connectivity index (χ2n) is 5.39. The first-order valence-corrected chi connectivity index (χ1v) is 8.10. The smallest absolute Gasteiger partial charge is 0.267 e. The molecule has 1 N–H and O–H groups in total. The van der Waals surface area contributed by atoms with Crippen LogP contribution in [0.2, 0.25) is 0 Å². The first kappa shape index (κ1) is 14.8. The third kappa shape index (κ3) is 3.19. The highest BCUT2D eigenvalue weighted by Gasteiger charge is 2.42. The van der Waals surface area contributed by atoms with Crippen LogP contribution in [0.25, 0.3) is 0 Å². The summed E-state index contributed by atoms with van der Waals surface area (Å²) < 4.78 is 1.85. The average Bonchev–Trinajstić information content (AvgIpc) is 3.24. The highest BCUT2D eigenvalue weighted by molar-refractivity contribution is 7.12. The molecule has 0 radical (unpaired) electrons. The molecule has 3 rings (SSSR count). The third-order valence-electron chi connectivity index (χ3n) is 3.56. The molecule has 1 aliphatic rings. The molecule has 116 valence electrons. The highest BCUT2D eigenvalue weighted by atomic mass is 32.1. The minimum absolute atomic E-state index is 0.122. The molecule has 22 heavy (non-hydrogen) atoms. The van der Waals surface area contributed by atoms with E-state index in [9.17, 15) is 4.79 Å². The predicted molar refractivity (Wildman–Crippen MR) is 84.8 cm³/mol. The minimum Gasteiger partial charge on any atom is -0.379 e. The molecule has 0 bridgehead atoms. The van der Waals surface area contributed by atoms with Gasteiger partial charge in [0.05, 0.1) is 4.88 Å². The Morgan fingerprint density at radius 1 is 1.55 bits per heavy atom. The summed E-state index contributed by atoms with van der Waals surface area (Å²) in [6.07, 6.45) is 4.97. The summed E-state index contributed by atoms with van der Waals surface area (Å²) >= 11 is 1.60. The van der Waals surface area contributed by atoms with Crippen molar-refractivity contribution < 1.29 is 9.63 Å². The summed E-state index contributed by atoms with van der Waals surface area (Å²) in [6.45, 7) is 3.15. The zero-order valence-electron chi connectivity index (χ0n) is 12.4. The number of hydrogen-bond acceptors (Lipinski definition) is 5. The van der Waals surface area contributed by atoms with Gasteiger partial charge in [-0.2, -0.15) is 5.10 Å². The monoisotopic (exact) mass is 318 g/mol. The summed E-state index contributed by atoms with van der Waals surface area (Å²) in [6, 6.07) is 5.84. The van der Waals surface area contributed by atoms with E-state index < -0.39 is 5.60 Å². The van der Waals surface area contributed by atoms with Crippen LogP contribution in [0.5, 0.6) is 0 Å². The Hall–Kier alpha value is -2.15. The van der Waals surface area contributed by atoms with Crippen molar-refractivity contribution in [2.45, 2.75) is 31.9 Å². The zero-order valence-corrected chi connectivity index (χ0v) is 13.2. The van der Waals surface area contributed by atoms with Crippen LogP contribution in [0.3, 0.4) is 0 Å². The summed E-state index contributed by atoms with van der Waals surface area (Å²) in [5, 5.41) is 13.1. The van der Waals surface area contributed by atoms with E-state index in [4.69, 9.17) is 4.84 Å². The number of nitrogens with zero attached hydrogens (tertiary/aromatic N) is 3. The maximum Gasteiger partial charge on any atom is 0.267 e. The molecule has 2 aromatic rings. The van der Waals surface area contributed by atoms with Crippen LogP contribution in [0, 0.1) is 0 Å². The van der Waals surface area contributed by atoms with Gasteiger partial charge in [-0.15, -0.1) is 11.3 Å². The molecule has 6 nitrogen and oxygen atoms in total. The molecule has 7 heteroatoms. The van der Waals surface area contributed by atoms with Crippen LogP contribution in [0.15, 0.2) is 41.1 Å². The second kappa shape index (κ2) is 6.31. The molecular weight excluding hydrogens is 300 g/mol. The Labute approximate surface area is 132 Å². The fourth-order valence-corrected chi connectivity index (χ4v) is 3.01. The Balaban J connectivity index is 1.46. The standard InChI is InChI=1S/C15H18N4O2S/c1-15(11-12(18-21-15)13-5-2-10-22-13)14(20)16-6-3-8-19-9-4-7-17-19/h2,4-5,7,9-10H,3,6,8,11H2,1H3,(H,16,20)/t15-/m0/s1. The van der Waals surface area contributed by atoms with Crippen LogP contribution in [0.4, 0.5) is 0 Å². The Bertz CT molecular complexity index is 651. The van der Waals surface area contributed by atoms with Crippen LogP contribution in [-0.4, -0.2) is 33.5 Å². The van der Waals surface area contributed by atoms with E-state index in [-0.39, 0.29) is 5.91 Å². The van der Waals surface area contributed by atoms with E-state index in [0.717, 1.165) is 23.6 Å². The summed E-state index contributed by atoms with van der Waals surface area (Å²) in [5.41, 5.74) is -0.0745. The van der Waals surface area contributed by atoms with Crippen molar-refractivity contribution in [3.63, 3.8) is 0 Å². The van der Waals surface area contributed by atoms with Gasteiger partial charge >= 0.3 is 0 Å². The van der Waals surface area contributed by atoms with Gasteiger partial charge in [-0.1, -0.05) is 11.2 Å². The first-order chi connectivity index (χ1) is 10.7. The lowest BCUT2D eigenvalue weighted by Crippen LogP contribution is -2.45. The maximum atomic E-state index is 12.3. The molecule has 0 aliphatic carbocycles. The molecule has 1 amide bonds. The van der Waals surface area contributed by atoms with Gasteiger partial charge in [-0.3, -0.25) is 9.48 Å². The Morgan fingerprint density at radius 2 is 2.45 bits per heavy atom. The van der Waals surface area contributed by atoms with E-state index in [2.05, 4.69) is 15.6 Å². The number of rotatable bonds is 6. The van der Waals surface area contributed by atoms with E-state index in [1.54, 1.807) is 24.5 Å². The van der Waals surface area contributed by atoms with Gasteiger partial charge in [0.1, 0.15) is 5.71 Å². The number of carbonyl (C=O) groups excluding carboxylic acids is 1. The van der Waals surface area contributed by atoms with Crippen LogP contribution >= 0.6 is 11.3 Å². The van der Waals surface area contributed by atoms with E-state index in [1.165, 1.54) is 0 Å². The summed E-state index contributed by atoms with van der Waals surface area (Å²) in [5.74, 6) is -0.122. The van der Waals surface area contributed by atoms with E-state index in [0.29, 0.717) is 13.0 Å². The first-order valence-electron chi connectivity index (χ1n) is 7.22. The van der Waals surface area contributed by atoms with Gasteiger partial charge in [0.2, 0.25) is 5.60 Å². The largest absolute Gasteiger partial charge is 0.379 e. The van der Waals surface area contributed by atoms with Gasteiger partial charge in [0.15, 0.2) is 0 Å². The molecular formula is C15H18N4O2S. The van der Waals surface area contributed by atoms with Crippen LogP contribution in [-0.2, 0) is 16.2 Å². The number of nitrogens with one attached hydrogen (secondary N) is 1. The van der Waals surface area contributed by atoms with E-state index >= 15 is 0 Å². The fourth-order valence-electron chi connectivity index (χ4n) is 2.30. The van der Waals surface area contributed by atoms with Crippen molar-refractivity contribution in [3.05, 3.63) is 40.8 Å². The molecule has 0 unspecified atom stereocenters. The number of amides is 1. The molecule has 0 saturated carbocycles. The lowest BCUT2D eigenvalue weighted by molar-refractivity contribution is -0.141. The average molecular weight is 318 g/mol. The van der Waals surface area contributed by atoms with Crippen molar-refractivity contribution in [1.82, 2.24) is 15.1 Å². The molecule has 1 aliphatic heterocycles. The van der Waals surface area contributed by atoms with Gasteiger partial charge in [0, 0.05) is 31.9 Å². The minimum atomic E-state index is -0.912. The predicted octanol–water partition coefficient (Wildman–Crippen LogP) is 2.03. The van der Waals surface area contributed by atoms with Gasteiger partial charge in [-0.05, 0) is 30.9 Å². The molecule has 0 saturated heterocycles. The fraction of sp³-hybridized carbons (Fsp3) is 0.400. The van der Waals surface area contributed by atoms with Crippen molar-refractivity contribution in [2.75, 3.05) is 6.54 Å². The summed E-state index contributed by atoms with van der Waals surface area (Å²) in [4.78, 5) is 18.8. The Morgan fingerprint density at radius 3 is 3.18 bits per heavy atom. The number of aryl methyl sites for hydroxylation is 1. The van der Waals surface area contributed by atoms with Crippen molar-refractivity contribution in [1.29, 1.82) is 0 Å². The van der Waals surface area contributed by atoms with Crippen molar-refractivity contribution in [2.24, 2.45) is 5.16 Å². The molecule has 0 spiro atoms. The number of oxime groups is 1. The quantitative estimate of drug-likeness (QED) is 0.829. The number of carbonyl (C=O) groups is 1. The highest BCUT2D eigenvalue weighted by Crippen LogP contribution is 2.28.